The van der Waals surface area contributed by atoms with E-state index in [9.17, 15) is 19.7 Å². The Kier molecular flexibility index (Phi) is 12.0. The van der Waals surface area contributed by atoms with E-state index >= 15 is 0 Å². The third-order valence-electron chi connectivity index (χ3n) is 7.06. The summed E-state index contributed by atoms with van der Waals surface area (Å²) in [6.45, 7) is 5.83. The minimum atomic E-state index is -0.907. The van der Waals surface area contributed by atoms with Crippen molar-refractivity contribution in [3.63, 3.8) is 0 Å². The second-order valence-corrected chi connectivity index (χ2v) is 11.3. The number of amides is 1. The molecule has 0 radical (unpaired) electrons. The number of methoxy groups -OCH3 is 1. The SMILES string of the molecule is COC(=O)C(COC(C)(C)C)NC(=O)CC[C@H](NCc1cc(Oc2ccccc2)ncc1[N+](=O)[O-])C1CCCCC1. The second kappa shape index (κ2) is 15.4. The lowest BCUT2D eigenvalue weighted by molar-refractivity contribution is -0.386. The number of nitro groups is 1. The summed E-state index contributed by atoms with van der Waals surface area (Å²) < 4.78 is 16.4. The quantitative estimate of drug-likeness (QED) is 0.181. The standard InChI is InChI=1S/C30H42N4O7/c1-30(2,3)40-20-25(29(36)39-4)33-27(35)16-15-24(21-11-7-5-8-12-21)31-18-22-17-28(32-19-26(22)34(37)38)41-23-13-9-6-10-14-23/h6,9-10,13-14,17,19,21,24-25,31H,5,7-8,11-12,15-16,18,20H2,1-4H3,(H,33,35)/t24-,25?/m0/s1. The molecule has 41 heavy (non-hydrogen) atoms. The summed E-state index contributed by atoms with van der Waals surface area (Å²) >= 11 is 0. The van der Waals surface area contributed by atoms with Gasteiger partial charge in [-0.3, -0.25) is 14.9 Å². The number of aromatic nitrogens is 1. The monoisotopic (exact) mass is 570 g/mol. The van der Waals surface area contributed by atoms with Crippen molar-refractivity contribution in [2.24, 2.45) is 5.92 Å². The van der Waals surface area contributed by atoms with Gasteiger partial charge in [0.1, 0.15) is 11.9 Å². The van der Waals surface area contributed by atoms with Gasteiger partial charge in [-0.15, -0.1) is 0 Å². The Morgan fingerprint density at radius 2 is 1.85 bits per heavy atom. The van der Waals surface area contributed by atoms with Crippen LogP contribution in [0, 0.1) is 16.0 Å². The first-order chi connectivity index (χ1) is 19.6. The van der Waals surface area contributed by atoms with Crippen molar-refractivity contribution in [1.29, 1.82) is 0 Å². The summed E-state index contributed by atoms with van der Waals surface area (Å²) in [6.07, 6.45) is 7.32. The number of benzene rings is 1. The summed E-state index contributed by atoms with van der Waals surface area (Å²) in [6, 6.07) is 9.73. The van der Waals surface area contributed by atoms with Crippen LogP contribution in [0.4, 0.5) is 5.69 Å². The van der Waals surface area contributed by atoms with E-state index in [1.165, 1.54) is 19.7 Å². The Morgan fingerprint density at radius 1 is 1.15 bits per heavy atom. The van der Waals surface area contributed by atoms with Crippen molar-refractivity contribution in [2.45, 2.75) is 89.9 Å². The third kappa shape index (κ3) is 10.7. The topological polar surface area (TPSA) is 142 Å². The van der Waals surface area contributed by atoms with E-state index in [-0.39, 0.29) is 43.1 Å². The van der Waals surface area contributed by atoms with Gasteiger partial charge in [-0.05, 0) is 58.1 Å². The zero-order valence-corrected chi connectivity index (χ0v) is 24.4. The minimum absolute atomic E-state index is 0.00527. The Morgan fingerprint density at radius 3 is 2.49 bits per heavy atom. The maximum Gasteiger partial charge on any atom is 0.330 e. The zero-order chi connectivity index (χ0) is 29.8. The lowest BCUT2D eigenvalue weighted by Gasteiger charge is -2.31. The van der Waals surface area contributed by atoms with Crippen molar-refractivity contribution in [1.82, 2.24) is 15.6 Å². The van der Waals surface area contributed by atoms with Crippen LogP contribution in [0.2, 0.25) is 0 Å². The van der Waals surface area contributed by atoms with Crippen molar-refractivity contribution >= 4 is 17.6 Å². The normalized spacial score (nSPS) is 15.5. The maximum absolute atomic E-state index is 12.9. The molecule has 1 aromatic carbocycles. The van der Waals surface area contributed by atoms with Crippen molar-refractivity contribution in [3.8, 4) is 11.6 Å². The largest absolute Gasteiger partial charge is 0.467 e. The lowest BCUT2D eigenvalue weighted by Crippen LogP contribution is -2.46. The number of para-hydroxylation sites is 1. The molecule has 2 N–H and O–H groups in total. The van der Waals surface area contributed by atoms with Gasteiger partial charge in [0.25, 0.3) is 5.69 Å². The molecule has 2 atom stereocenters. The number of hydrogen-bond donors (Lipinski definition) is 2. The molecule has 11 nitrogen and oxygen atoms in total. The molecule has 3 rings (SSSR count). The van der Waals surface area contributed by atoms with E-state index in [4.69, 9.17) is 14.2 Å². The van der Waals surface area contributed by atoms with Crippen LogP contribution < -0.4 is 15.4 Å². The van der Waals surface area contributed by atoms with Crippen molar-refractivity contribution in [3.05, 3.63) is 58.3 Å². The molecule has 1 unspecified atom stereocenters. The molecule has 0 bridgehead atoms. The predicted molar refractivity (Wildman–Crippen MR) is 153 cm³/mol. The van der Waals surface area contributed by atoms with Crippen LogP contribution >= 0.6 is 0 Å². The predicted octanol–water partition coefficient (Wildman–Crippen LogP) is 5.07. The summed E-state index contributed by atoms with van der Waals surface area (Å²) in [5.41, 5.74) is -0.127. The smallest absolute Gasteiger partial charge is 0.330 e. The molecular weight excluding hydrogens is 528 g/mol. The molecule has 1 heterocycles. The van der Waals surface area contributed by atoms with Gasteiger partial charge in [-0.1, -0.05) is 37.5 Å². The third-order valence-corrected chi connectivity index (χ3v) is 7.06. The van der Waals surface area contributed by atoms with Gasteiger partial charge in [0.2, 0.25) is 11.8 Å². The number of carbonyl (C=O) groups excluding carboxylic acids is 2. The summed E-state index contributed by atoms with van der Waals surface area (Å²) in [5.74, 6) is 0.325. The van der Waals surface area contributed by atoms with Gasteiger partial charge in [0.15, 0.2) is 6.04 Å². The van der Waals surface area contributed by atoms with Crippen LogP contribution in [0.15, 0.2) is 42.6 Å². The highest BCUT2D eigenvalue weighted by Gasteiger charge is 2.28. The summed E-state index contributed by atoms with van der Waals surface area (Å²) in [4.78, 5) is 40.6. The molecule has 1 amide bonds. The molecule has 1 fully saturated rings. The first kappa shape index (κ1) is 32.0. The van der Waals surface area contributed by atoms with Crippen LogP contribution in [0.3, 0.4) is 0 Å². The highest BCUT2D eigenvalue weighted by Crippen LogP contribution is 2.30. The first-order valence-corrected chi connectivity index (χ1v) is 14.2. The van der Waals surface area contributed by atoms with E-state index in [0.717, 1.165) is 25.7 Å². The number of nitrogens with one attached hydrogen (secondary N) is 2. The van der Waals surface area contributed by atoms with Crippen molar-refractivity contribution in [2.75, 3.05) is 13.7 Å². The Bertz CT molecular complexity index is 1150. The van der Waals surface area contributed by atoms with Crippen molar-refractivity contribution < 1.29 is 28.7 Å². The van der Waals surface area contributed by atoms with Crippen LogP contribution in [-0.4, -0.2) is 53.2 Å². The highest BCUT2D eigenvalue weighted by atomic mass is 16.6. The van der Waals surface area contributed by atoms with Gasteiger partial charge in [0.05, 0.1) is 29.8 Å². The van der Waals surface area contributed by atoms with Crippen LogP contribution in [-0.2, 0) is 25.6 Å². The molecule has 1 aliphatic rings. The lowest BCUT2D eigenvalue weighted by atomic mass is 9.82. The highest BCUT2D eigenvalue weighted by molar-refractivity contribution is 5.84. The van der Waals surface area contributed by atoms with Crippen LogP contribution in [0.1, 0.15) is 71.3 Å². The molecule has 11 heteroatoms. The van der Waals surface area contributed by atoms with Crippen LogP contribution in [0.25, 0.3) is 0 Å². The fourth-order valence-electron chi connectivity index (χ4n) is 4.92. The number of esters is 1. The van der Waals surface area contributed by atoms with E-state index in [1.807, 2.05) is 39.0 Å². The Labute approximate surface area is 241 Å². The van der Waals surface area contributed by atoms with Gasteiger partial charge in [-0.25, -0.2) is 9.78 Å². The second-order valence-electron chi connectivity index (χ2n) is 11.3. The Hall–Kier alpha value is -3.57. The molecule has 0 saturated heterocycles. The van der Waals surface area contributed by atoms with Gasteiger partial charge in [0, 0.05) is 25.1 Å². The molecule has 0 spiro atoms. The van der Waals surface area contributed by atoms with E-state index < -0.39 is 22.5 Å². The average molecular weight is 571 g/mol. The Balaban J connectivity index is 1.68. The number of rotatable bonds is 14. The molecule has 1 saturated carbocycles. The molecule has 1 aliphatic carbocycles. The zero-order valence-electron chi connectivity index (χ0n) is 24.4. The number of ether oxygens (including phenoxy) is 3. The number of carbonyl (C=O) groups is 2. The first-order valence-electron chi connectivity index (χ1n) is 14.2. The summed E-state index contributed by atoms with van der Waals surface area (Å²) in [7, 11) is 1.27. The molecule has 224 valence electrons. The van der Waals surface area contributed by atoms with E-state index in [2.05, 4.69) is 15.6 Å². The molecule has 0 aliphatic heterocycles. The minimum Gasteiger partial charge on any atom is -0.467 e. The van der Waals surface area contributed by atoms with Gasteiger partial charge >= 0.3 is 5.97 Å². The van der Waals surface area contributed by atoms with Gasteiger partial charge < -0.3 is 24.8 Å². The molecule has 2 aromatic rings. The fraction of sp³-hybridized carbons (Fsp3) is 0.567. The van der Waals surface area contributed by atoms with Gasteiger partial charge in [-0.2, -0.15) is 0 Å². The molecule has 1 aromatic heterocycles. The maximum atomic E-state index is 12.9. The number of nitrogens with zero attached hydrogens (tertiary/aromatic N) is 2. The summed E-state index contributed by atoms with van der Waals surface area (Å²) in [5, 5.41) is 18.0. The number of hydrogen-bond acceptors (Lipinski definition) is 9. The fourth-order valence-corrected chi connectivity index (χ4v) is 4.92. The van der Waals surface area contributed by atoms with E-state index in [0.29, 0.717) is 23.7 Å². The number of pyridine rings is 1. The average Bonchev–Trinajstić information content (AvgIpc) is 2.95. The van der Waals surface area contributed by atoms with Crippen LogP contribution in [0.5, 0.6) is 11.6 Å². The molecular formula is C30H42N4O7. The van der Waals surface area contributed by atoms with E-state index in [1.54, 1.807) is 18.2 Å².